The Kier molecular flexibility index (Phi) is 5.17. The van der Waals surface area contributed by atoms with Crippen molar-refractivity contribution in [1.82, 2.24) is 5.59 Å². The van der Waals surface area contributed by atoms with Crippen molar-refractivity contribution in [2.75, 3.05) is 6.61 Å². The smallest absolute Gasteiger partial charge is 0.329 e. The van der Waals surface area contributed by atoms with Gasteiger partial charge in [-0.1, -0.05) is 21.5 Å². The maximum atomic E-state index is 13.1. The van der Waals surface area contributed by atoms with Gasteiger partial charge in [-0.3, -0.25) is 4.79 Å². The maximum absolute atomic E-state index is 13.1. The lowest BCUT2D eigenvalue weighted by Crippen LogP contribution is -2.27. The van der Waals surface area contributed by atoms with E-state index in [2.05, 4.69) is 20.8 Å². The van der Waals surface area contributed by atoms with Gasteiger partial charge in [-0.25, -0.2) is 10.2 Å². The van der Waals surface area contributed by atoms with Crippen molar-refractivity contribution in [1.29, 1.82) is 0 Å². The Morgan fingerprint density at radius 2 is 2.31 bits per heavy atom. The highest BCUT2D eigenvalue weighted by molar-refractivity contribution is 9.10. The molecule has 0 saturated heterocycles. The molecule has 0 radical (unpaired) electrons. The Balaban J connectivity index is 2.42. The number of halogens is 2. The van der Waals surface area contributed by atoms with E-state index >= 15 is 0 Å². The first-order valence-corrected chi connectivity index (χ1v) is 5.16. The Morgan fingerprint density at radius 3 is 3.00 bits per heavy atom. The van der Waals surface area contributed by atoms with Crippen LogP contribution >= 0.6 is 15.9 Å². The fourth-order valence-electron chi connectivity index (χ4n) is 0.949. The van der Waals surface area contributed by atoms with E-state index in [1.165, 1.54) is 12.1 Å². The number of rotatable bonds is 5. The third kappa shape index (κ3) is 4.13. The van der Waals surface area contributed by atoms with Gasteiger partial charge in [0.25, 0.3) is 0 Å². The molecule has 1 rings (SSSR count). The third-order valence-electron chi connectivity index (χ3n) is 1.63. The summed E-state index contributed by atoms with van der Waals surface area (Å²) in [7, 11) is 0. The van der Waals surface area contributed by atoms with Crippen molar-refractivity contribution in [2.24, 2.45) is 5.84 Å². The molecule has 0 heterocycles. The molecule has 0 aliphatic carbocycles. The van der Waals surface area contributed by atoms with Crippen molar-refractivity contribution >= 4 is 21.9 Å². The molecule has 0 aliphatic rings. The van der Waals surface area contributed by atoms with E-state index in [0.717, 1.165) is 0 Å². The van der Waals surface area contributed by atoms with Crippen molar-refractivity contribution < 1.29 is 18.8 Å². The average molecular weight is 293 g/mol. The number of ether oxygens (including phenoxy) is 1. The van der Waals surface area contributed by atoms with Crippen molar-refractivity contribution in [3.8, 4) is 5.75 Å². The van der Waals surface area contributed by atoms with Gasteiger partial charge in [0.2, 0.25) is 0 Å². The number of benzene rings is 1. The fourth-order valence-corrected chi connectivity index (χ4v) is 1.29. The summed E-state index contributed by atoms with van der Waals surface area (Å²) in [5.41, 5.74) is 1.75. The number of carbonyl (C=O) groups excluding carboxylic acids is 1. The fraction of sp³-hybridized carbons (Fsp3) is 0.222. The van der Waals surface area contributed by atoms with Gasteiger partial charge in [0.15, 0.2) is 11.6 Å². The number of nitrogens with one attached hydrogen (secondary N) is 1. The summed E-state index contributed by atoms with van der Waals surface area (Å²) in [5, 5.41) is 0. The third-order valence-corrected chi connectivity index (χ3v) is 2.12. The number of nitrogens with two attached hydrogens (primary N) is 1. The molecule has 0 aliphatic heterocycles. The number of hydrogen-bond acceptors (Lipinski definition) is 5. The van der Waals surface area contributed by atoms with Crippen LogP contribution in [-0.4, -0.2) is 12.6 Å². The van der Waals surface area contributed by atoms with Crippen LogP contribution in [0.3, 0.4) is 0 Å². The molecule has 1 aromatic carbocycles. The summed E-state index contributed by atoms with van der Waals surface area (Å²) >= 11 is 3.18. The van der Waals surface area contributed by atoms with Crippen LogP contribution < -0.4 is 16.2 Å². The van der Waals surface area contributed by atoms with Gasteiger partial charge in [0.05, 0.1) is 13.0 Å². The molecule has 0 saturated carbocycles. The van der Waals surface area contributed by atoms with Gasteiger partial charge in [-0.2, -0.15) is 0 Å². The van der Waals surface area contributed by atoms with Gasteiger partial charge in [-0.15, -0.1) is 0 Å². The lowest BCUT2D eigenvalue weighted by Gasteiger charge is -2.06. The summed E-state index contributed by atoms with van der Waals surface area (Å²) in [4.78, 5) is 15.1. The zero-order chi connectivity index (χ0) is 12.0. The largest absolute Gasteiger partial charge is 0.490 e. The molecule has 0 fully saturated rings. The van der Waals surface area contributed by atoms with Crippen LogP contribution in [0.15, 0.2) is 22.7 Å². The standard InChI is InChI=1S/C9H10BrFN2O3/c10-6-1-2-7(11)8(5-6)15-4-3-9(14)16-13-12/h1-2,5,13H,3-4,12H2. The Labute approximate surface area is 99.8 Å². The molecule has 5 nitrogen and oxygen atoms in total. The summed E-state index contributed by atoms with van der Waals surface area (Å²) in [6.45, 7) is 0.00782. The molecule has 88 valence electrons. The number of hydrazine groups is 1. The Bertz CT molecular complexity index is 376. The van der Waals surface area contributed by atoms with E-state index in [0.29, 0.717) is 4.47 Å². The van der Waals surface area contributed by atoms with Gasteiger partial charge in [0, 0.05) is 4.47 Å². The summed E-state index contributed by atoms with van der Waals surface area (Å²) < 4.78 is 18.9. The van der Waals surface area contributed by atoms with E-state index in [1.807, 2.05) is 0 Å². The highest BCUT2D eigenvalue weighted by Crippen LogP contribution is 2.22. The topological polar surface area (TPSA) is 73.6 Å². The monoisotopic (exact) mass is 292 g/mol. The molecule has 3 N–H and O–H groups in total. The molecule has 0 amide bonds. The molecule has 16 heavy (non-hydrogen) atoms. The molecular weight excluding hydrogens is 283 g/mol. The molecular formula is C9H10BrFN2O3. The first kappa shape index (κ1) is 12.9. The average Bonchev–Trinajstić information content (AvgIpc) is 2.23. The van der Waals surface area contributed by atoms with E-state index < -0.39 is 11.8 Å². The van der Waals surface area contributed by atoms with Crippen LogP contribution in [0.2, 0.25) is 0 Å². The highest BCUT2D eigenvalue weighted by Gasteiger charge is 2.06. The molecule has 1 aromatic rings. The van der Waals surface area contributed by atoms with E-state index in [9.17, 15) is 9.18 Å². The van der Waals surface area contributed by atoms with Crippen LogP contribution in [0, 0.1) is 5.82 Å². The molecule has 0 aromatic heterocycles. The minimum Gasteiger partial charge on any atom is -0.490 e. The SMILES string of the molecule is NNOC(=O)CCOc1cc(Br)ccc1F. The minimum atomic E-state index is -0.585. The molecule has 0 bridgehead atoms. The first-order chi connectivity index (χ1) is 7.63. The predicted molar refractivity (Wildman–Crippen MR) is 57.6 cm³/mol. The molecule has 0 atom stereocenters. The van der Waals surface area contributed by atoms with Gasteiger partial charge < -0.3 is 9.57 Å². The molecule has 7 heteroatoms. The van der Waals surface area contributed by atoms with Crippen LogP contribution in [0.5, 0.6) is 5.75 Å². The zero-order valence-corrected chi connectivity index (χ0v) is 9.79. The van der Waals surface area contributed by atoms with Crippen LogP contribution in [0.25, 0.3) is 0 Å². The number of hydrogen-bond donors (Lipinski definition) is 2. The van der Waals surface area contributed by atoms with Crippen LogP contribution in [0.1, 0.15) is 6.42 Å². The summed E-state index contributed by atoms with van der Waals surface area (Å²) in [5.74, 6) is 3.75. The minimum absolute atomic E-state index is 0.00782. The predicted octanol–water partition coefficient (Wildman–Crippen LogP) is 1.28. The lowest BCUT2D eigenvalue weighted by molar-refractivity contribution is -0.151. The van der Waals surface area contributed by atoms with E-state index in [-0.39, 0.29) is 18.8 Å². The van der Waals surface area contributed by atoms with Crippen LogP contribution in [0.4, 0.5) is 4.39 Å². The first-order valence-electron chi connectivity index (χ1n) is 4.36. The molecule has 0 unspecified atom stereocenters. The normalized spacial score (nSPS) is 9.94. The van der Waals surface area contributed by atoms with E-state index in [4.69, 9.17) is 10.6 Å². The maximum Gasteiger partial charge on any atom is 0.329 e. The van der Waals surface area contributed by atoms with Gasteiger partial charge >= 0.3 is 5.97 Å². The quantitative estimate of drug-likeness (QED) is 0.632. The highest BCUT2D eigenvalue weighted by atomic mass is 79.9. The Morgan fingerprint density at radius 1 is 1.56 bits per heavy atom. The summed E-state index contributed by atoms with van der Waals surface area (Å²) in [6, 6.07) is 4.29. The van der Waals surface area contributed by atoms with Crippen molar-refractivity contribution in [2.45, 2.75) is 6.42 Å². The second kappa shape index (κ2) is 6.41. The van der Waals surface area contributed by atoms with Gasteiger partial charge in [0.1, 0.15) is 0 Å². The summed E-state index contributed by atoms with van der Waals surface area (Å²) in [6.07, 6.45) is -0.0316. The lowest BCUT2D eigenvalue weighted by atomic mass is 10.3. The Hall–Kier alpha value is -1.18. The number of carbonyl (C=O) groups is 1. The van der Waals surface area contributed by atoms with E-state index in [1.54, 1.807) is 11.7 Å². The second-order valence-corrected chi connectivity index (χ2v) is 3.68. The van der Waals surface area contributed by atoms with Crippen molar-refractivity contribution in [3.63, 3.8) is 0 Å². The van der Waals surface area contributed by atoms with Crippen LogP contribution in [-0.2, 0) is 9.63 Å². The molecule has 0 spiro atoms. The van der Waals surface area contributed by atoms with Gasteiger partial charge in [-0.05, 0) is 18.2 Å². The van der Waals surface area contributed by atoms with Crippen molar-refractivity contribution in [3.05, 3.63) is 28.5 Å². The second-order valence-electron chi connectivity index (χ2n) is 2.77. The zero-order valence-electron chi connectivity index (χ0n) is 8.20.